The van der Waals surface area contributed by atoms with E-state index < -0.39 is 5.97 Å². The minimum absolute atomic E-state index is 0.0144. The van der Waals surface area contributed by atoms with Crippen molar-refractivity contribution in [2.24, 2.45) is 0 Å². The second kappa shape index (κ2) is 7.04. The minimum atomic E-state index is -0.828. The van der Waals surface area contributed by atoms with Crippen LogP contribution < -0.4 is 0 Å². The number of hydrogen-bond donors (Lipinski definition) is 1. The minimum Gasteiger partial charge on any atom is -0.480 e. The predicted octanol–water partition coefficient (Wildman–Crippen LogP) is 2.95. The molecule has 2 aromatic rings. The Hall–Kier alpha value is -2.14. The van der Waals surface area contributed by atoms with E-state index in [2.05, 4.69) is 4.98 Å². The van der Waals surface area contributed by atoms with E-state index in [4.69, 9.17) is 9.52 Å². The van der Waals surface area contributed by atoms with Gasteiger partial charge < -0.3 is 9.52 Å². The summed E-state index contributed by atoms with van der Waals surface area (Å²) < 4.78 is 5.49. The van der Waals surface area contributed by atoms with Gasteiger partial charge in [0.2, 0.25) is 5.89 Å². The molecule has 0 spiro atoms. The summed E-state index contributed by atoms with van der Waals surface area (Å²) in [6, 6.07) is 7.94. The average Bonchev–Trinajstić information content (AvgIpc) is 2.87. The average molecular weight is 288 g/mol. The molecule has 0 aliphatic carbocycles. The highest BCUT2D eigenvalue weighted by molar-refractivity contribution is 5.69. The molecule has 1 aromatic carbocycles. The standard InChI is InChI=1S/C16H20N2O3/c1-3-8-18(10-15(19)20)9-14-11-21-16(17-14)13-6-4-12(2)5-7-13/h4-7,11H,3,8-10H2,1-2H3,(H,19,20). The van der Waals surface area contributed by atoms with E-state index in [-0.39, 0.29) is 6.54 Å². The van der Waals surface area contributed by atoms with Crippen LogP contribution in [-0.4, -0.2) is 34.0 Å². The van der Waals surface area contributed by atoms with Gasteiger partial charge in [-0.25, -0.2) is 4.98 Å². The summed E-state index contributed by atoms with van der Waals surface area (Å²) in [5.74, 6) is -0.262. The Morgan fingerprint density at radius 3 is 2.67 bits per heavy atom. The molecule has 0 radical (unpaired) electrons. The highest BCUT2D eigenvalue weighted by Crippen LogP contribution is 2.19. The zero-order valence-corrected chi connectivity index (χ0v) is 12.4. The maximum atomic E-state index is 10.8. The Bertz CT molecular complexity index is 590. The molecule has 0 aliphatic heterocycles. The molecule has 0 amide bonds. The SMILES string of the molecule is CCCN(CC(=O)O)Cc1coc(-c2ccc(C)cc2)n1. The molecule has 1 aromatic heterocycles. The van der Waals surface area contributed by atoms with Crippen LogP contribution in [0.25, 0.3) is 11.5 Å². The molecule has 5 nitrogen and oxygen atoms in total. The molecule has 0 saturated heterocycles. The van der Waals surface area contributed by atoms with Crippen LogP contribution in [0, 0.1) is 6.92 Å². The zero-order valence-electron chi connectivity index (χ0n) is 12.4. The van der Waals surface area contributed by atoms with Crippen LogP contribution in [0.3, 0.4) is 0 Å². The third-order valence-electron chi connectivity index (χ3n) is 3.13. The van der Waals surface area contributed by atoms with Crippen LogP contribution in [0.5, 0.6) is 0 Å². The molecular weight excluding hydrogens is 268 g/mol. The van der Waals surface area contributed by atoms with Crippen molar-refractivity contribution in [3.05, 3.63) is 41.8 Å². The number of aryl methyl sites for hydroxylation is 1. The van der Waals surface area contributed by atoms with Crippen molar-refractivity contribution in [2.75, 3.05) is 13.1 Å². The summed E-state index contributed by atoms with van der Waals surface area (Å²) in [6.45, 7) is 5.27. The smallest absolute Gasteiger partial charge is 0.317 e. The normalized spacial score (nSPS) is 11.0. The van der Waals surface area contributed by atoms with Crippen molar-refractivity contribution >= 4 is 5.97 Å². The van der Waals surface area contributed by atoms with Crippen LogP contribution >= 0.6 is 0 Å². The molecule has 1 N–H and O–H groups in total. The first-order chi connectivity index (χ1) is 10.1. The number of rotatable bonds is 7. The second-order valence-electron chi connectivity index (χ2n) is 5.11. The van der Waals surface area contributed by atoms with Crippen molar-refractivity contribution in [1.82, 2.24) is 9.88 Å². The van der Waals surface area contributed by atoms with E-state index in [1.54, 1.807) is 6.26 Å². The number of carbonyl (C=O) groups is 1. The molecule has 0 aliphatic rings. The van der Waals surface area contributed by atoms with Gasteiger partial charge in [0.25, 0.3) is 0 Å². The number of hydrogen-bond acceptors (Lipinski definition) is 4. The first-order valence-corrected chi connectivity index (χ1v) is 7.04. The number of benzene rings is 1. The van der Waals surface area contributed by atoms with Gasteiger partial charge in [-0.15, -0.1) is 0 Å². The van der Waals surface area contributed by atoms with Gasteiger partial charge in [0, 0.05) is 12.1 Å². The van der Waals surface area contributed by atoms with Crippen molar-refractivity contribution in [1.29, 1.82) is 0 Å². The van der Waals surface area contributed by atoms with Gasteiger partial charge in [0.05, 0.1) is 12.2 Å². The number of nitrogens with zero attached hydrogens (tertiary/aromatic N) is 2. The Morgan fingerprint density at radius 2 is 2.05 bits per heavy atom. The van der Waals surface area contributed by atoms with Crippen LogP contribution in [0.2, 0.25) is 0 Å². The summed E-state index contributed by atoms with van der Waals surface area (Å²) in [7, 11) is 0. The van der Waals surface area contributed by atoms with Gasteiger partial charge in [-0.3, -0.25) is 9.69 Å². The third-order valence-corrected chi connectivity index (χ3v) is 3.13. The number of carboxylic acids is 1. The highest BCUT2D eigenvalue weighted by atomic mass is 16.4. The van der Waals surface area contributed by atoms with Crippen molar-refractivity contribution in [2.45, 2.75) is 26.8 Å². The van der Waals surface area contributed by atoms with Crippen LogP contribution in [0.4, 0.5) is 0 Å². The lowest BCUT2D eigenvalue weighted by Gasteiger charge is -2.17. The molecule has 0 fully saturated rings. The number of oxazole rings is 1. The fraction of sp³-hybridized carbons (Fsp3) is 0.375. The fourth-order valence-electron chi connectivity index (χ4n) is 2.16. The largest absolute Gasteiger partial charge is 0.480 e. The Balaban J connectivity index is 2.07. The monoisotopic (exact) mass is 288 g/mol. The molecule has 1 heterocycles. The fourth-order valence-corrected chi connectivity index (χ4v) is 2.16. The lowest BCUT2D eigenvalue weighted by atomic mass is 10.1. The van der Waals surface area contributed by atoms with Crippen molar-refractivity contribution in [3.63, 3.8) is 0 Å². The van der Waals surface area contributed by atoms with Crippen molar-refractivity contribution < 1.29 is 14.3 Å². The topological polar surface area (TPSA) is 66.6 Å². The van der Waals surface area contributed by atoms with E-state index >= 15 is 0 Å². The summed E-state index contributed by atoms with van der Waals surface area (Å²) >= 11 is 0. The molecule has 2 rings (SSSR count). The van der Waals surface area contributed by atoms with E-state index in [0.717, 1.165) is 24.2 Å². The second-order valence-corrected chi connectivity index (χ2v) is 5.11. The molecule has 5 heteroatoms. The molecule has 0 saturated carbocycles. The number of aliphatic carboxylic acids is 1. The zero-order chi connectivity index (χ0) is 15.2. The van der Waals surface area contributed by atoms with E-state index in [9.17, 15) is 4.79 Å². The summed E-state index contributed by atoms with van der Waals surface area (Å²) in [4.78, 5) is 17.1. The molecule has 0 bridgehead atoms. The highest BCUT2D eigenvalue weighted by Gasteiger charge is 2.13. The third kappa shape index (κ3) is 4.43. The van der Waals surface area contributed by atoms with E-state index in [1.165, 1.54) is 5.56 Å². The van der Waals surface area contributed by atoms with Crippen LogP contribution in [-0.2, 0) is 11.3 Å². The van der Waals surface area contributed by atoms with Gasteiger partial charge in [-0.1, -0.05) is 24.6 Å². The van der Waals surface area contributed by atoms with Crippen LogP contribution in [0.1, 0.15) is 24.6 Å². The van der Waals surface area contributed by atoms with Gasteiger partial charge >= 0.3 is 5.97 Å². The Morgan fingerprint density at radius 1 is 1.33 bits per heavy atom. The maximum Gasteiger partial charge on any atom is 0.317 e. The van der Waals surface area contributed by atoms with Crippen molar-refractivity contribution in [3.8, 4) is 11.5 Å². The molecule has 0 atom stereocenters. The molecule has 21 heavy (non-hydrogen) atoms. The summed E-state index contributed by atoms with van der Waals surface area (Å²) in [5, 5.41) is 8.91. The molecule has 0 unspecified atom stereocenters. The predicted molar refractivity (Wildman–Crippen MR) is 79.9 cm³/mol. The van der Waals surface area contributed by atoms with E-state index in [1.807, 2.05) is 43.0 Å². The first-order valence-electron chi connectivity index (χ1n) is 7.04. The first kappa shape index (κ1) is 15.3. The van der Waals surface area contributed by atoms with Gasteiger partial charge in [-0.05, 0) is 32.0 Å². The lowest BCUT2D eigenvalue weighted by molar-refractivity contribution is -0.138. The van der Waals surface area contributed by atoms with E-state index in [0.29, 0.717) is 12.4 Å². The molecular formula is C16H20N2O3. The number of aromatic nitrogens is 1. The maximum absolute atomic E-state index is 10.8. The lowest BCUT2D eigenvalue weighted by Crippen LogP contribution is -2.30. The summed E-state index contributed by atoms with van der Waals surface area (Å²) in [6.07, 6.45) is 2.50. The van der Waals surface area contributed by atoms with Gasteiger partial charge in [0.1, 0.15) is 6.26 Å². The Kier molecular flexibility index (Phi) is 5.11. The van der Waals surface area contributed by atoms with Crippen LogP contribution in [0.15, 0.2) is 34.9 Å². The molecule has 112 valence electrons. The quantitative estimate of drug-likeness (QED) is 0.848. The summed E-state index contributed by atoms with van der Waals surface area (Å²) in [5.41, 5.74) is 2.86. The number of carboxylic acid groups (broad SMARTS) is 1. The van der Waals surface area contributed by atoms with Gasteiger partial charge in [0.15, 0.2) is 0 Å². The Labute approximate surface area is 124 Å². The van der Waals surface area contributed by atoms with Gasteiger partial charge in [-0.2, -0.15) is 0 Å².